The Balaban J connectivity index is 1.99. The van der Waals surface area contributed by atoms with Crippen molar-refractivity contribution >= 4 is 23.1 Å². The zero-order chi connectivity index (χ0) is 22.5. The van der Waals surface area contributed by atoms with Crippen LogP contribution in [0.25, 0.3) is 0 Å². The molecule has 0 aliphatic heterocycles. The molecule has 3 rings (SSSR count). The second kappa shape index (κ2) is 9.25. The predicted octanol–water partition coefficient (Wildman–Crippen LogP) is 2.16. The molecule has 8 heteroatoms. The lowest BCUT2D eigenvalue weighted by Crippen LogP contribution is -2.44. The van der Waals surface area contributed by atoms with Gasteiger partial charge in [0.25, 0.3) is 5.56 Å². The minimum absolute atomic E-state index is 0.105. The molecule has 1 aromatic heterocycles. The van der Waals surface area contributed by atoms with Gasteiger partial charge in [-0.15, -0.1) is 0 Å². The molecule has 8 nitrogen and oxygen atoms in total. The Kier molecular flexibility index (Phi) is 6.49. The third-order valence-electron chi connectivity index (χ3n) is 4.99. The molecule has 2 aromatic carbocycles. The minimum Gasteiger partial charge on any atom is -0.384 e. The van der Waals surface area contributed by atoms with E-state index in [2.05, 4.69) is 5.32 Å². The van der Waals surface area contributed by atoms with Gasteiger partial charge in [0, 0.05) is 17.8 Å². The Morgan fingerprint density at radius 2 is 1.61 bits per heavy atom. The van der Waals surface area contributed by atoms with E-state index in [-0.39, 0.29) is 36.8 Å². The van der Waals surface area contributed by atoms with Gasteiger partial charge >= 0.3 is 5.69 Å². The minimum atomic E-state index is -0.721. The monoisotopic (exact) mass is 420 g/mol. The summed E-state index contributed by atoms with van der Waals surface area (Å²) in [6.45, 7) is 3.07. The molecule has 160 valence electrons. The number of nitrogens with zero attached hydrogens (tertiary/aromatic N) is 2. The van der Waals surface area contributed by atoms with Crippen LogP contribution in [0.5, 0.6) is 0 Å². The van der Waals surface area contributed by atoms with E-state index in [9.17, 15) is 19.2 Å². The van der Waals surface area contributed by atoms with E-state index in [1.54, 1.807) is 31.2 Å². The number of carbonyl (C=O) groups is 2. The molecule has 3 N–H and O–H groups in total. The van der Waals surface area contributed by atoms with Crippen molar-refractivity contribution in [3.8, 4) is 0 Å². The van der Waals surface area contributed by atoms with Gasteiger partial charge in [0.1, 0.15) is 11.4 Å². The summed E-state index contributed by atoms with van der Waals surface area (Å²) in [6, 6.07) is 15.9. The predicted molar refractivity (Wildman–Crippen MR) is 120 cm³/mol. The van der Waals surface area contributed by atoms with E-state index in [0.717, 1.165) is 10.1 Å². The van der Waals surface area contributed by atoms with Crippen molar-refractivity contribution in [1.82, 2.24) is 9.13 Å². The Bertz CT molecular complexity index is 1240. The van der Waals surface area contributed by atoms with Gasteiger partial charge in [-0.3, -0.25) is 23.5 Å². The normalized spacial score (nSPS) is 10.6. The highest BCUT2D eigenvalue weighted by atomic mass is 16.2. The molecule has 0 bridgehead atoms. The molecule has 3 aromatic rings. The first-order valence-electron chi connectivity index (χ1n) is 9.89. The number of para-hydroxylation sites is 1. The average Bonchev–Trinajstić information content (AvgIpc) is 2.76. The molecule has 0 saturated heterocycles. The van der Waals surface area contributed by atoms with Crippen LogP contribution < -0.4 is 22.3 Å². The summed E-state index contributed by atoms with van der Waals surface area (Å²) in [5.41, 5.74) is 6.34. The Morgan fingerprint density at radius 1 is 0.968 bits per heavy atom. The van der Waals surface area contributed by atoms with E-state index >= 15 is 0 Å². The second-order valence-corrected chi connectivity index (χ2v) is 7.04. The SMILES string of the molecule is CCn1c(=O)c(C(=O)CNc2ccccc2C(C)=O)c(N)n(Cc2ccccc2)c1=O. The van der Waals surface area contributed by atoms with Gasteiger partial charge < -0.3 is 11.1 Å². The lowest BCUT2D eigenvalue weighted by Gasteiger charge is -2.16. The van der Waals surface area contributed by atoms with Crippen molar-refractivity contribution in [1.29, 1.82) is 0 Å². The summed E-state index contributed by atoms with van der Waals surface area (Å²) in [7, 11) is 0. The molecular formula is C23H24N4O4. The van der Waals surface area contributed by atoms with Crippen molar-refractivity contribution in [2.24, 2.45) is 0 Å². The molecule has 0 radical (unpaired) electrons. The van der Waals surface area contributed by atoms with Gasteiger partial charge in [0.2, 0.25) is 0 Å². The summed E-state index contributed by atoms with van der Waals surface area (Å²) < 4.78 is 2.23. The van der Waals surface area contributed by atoms with Gasteiger partial charge in [0.15, 0.2) is 11.6 Å². The number of nitrogens with two attached hydrogens (primary N) is 1. The maximum atomic E-state index is 13.0. The fourth-order valence-electron chi connectivity index (χ4n) is 3.38. The summed E-state index contributed by atoms with van der Waals surface area (Å²) in [5.74, 6) is -0.889. The number of carbonyl (C=O) groups excluding carboxylic acids is 2. The topological polar surface area (TPSA) is 116 Å². The summed E-state index contributed by atoms with van der Waals surface area (Å²) in [4.78, 5) is 50.4. The van der Waals surface area contributed by atoms with Crippen molar-refractivity contribution in [2.45, 2.75) is 26.9 Å². The first kappa shape index (κ1) is 21.8. The van der Waals surface area contributed by atoms with Crippen LogP contribution >= 0.6 is 0 Å². The third-order valence-corrected chi connectivity index (χ3v) is 4.99. The van der Waals surface area contributed by atoms with Crippen LogP contribution in [0.15, 0.2) is 64.2 Å². The number of nitrogens with one attached hydrogen (secondary N) is 1. The van der Waals surface area contributed by atoms with Crippen molar-refractivity contribution in [3.05, 3.63) is 92.1 Å². The molecule has 0 spiro atoms. The smallest absolute Gasteiger partial charge is 0.332 e. The molecule has 31 heavy (non-hydrogen) atoms. The van der Waals surface area contributed by atoms with Crippen LogP contribution in [0.2, 0.25) is 0 Å². The third kappa shape index (κ3) is 4.48. The van der Waals surface area contributed by atoms with E-state index in [1.807, 2.05) is 30.3 Å². The Labute approximate surface area is 178 Å². The standard InChI is InChI=1S/C23H24N4O4/c1-3-26-22(30)20(19(29)13-25-18-12-8-7-11-17(18)15(2)28)21(24)27(23(26)31)14-16-9-5-4-6-10-16/h4-12,25H,3,13-14,24H2,1-2H3. The highest BCUT2D eigenvalue weighted by molar-refractivity contribution is 6.04. The fourth-order valence-corrected chi connectivity index (χ4v) is 3.38. The second-order valence-electron chi connectivity index (χ2n) is 7.04. The van der Waals surface area contributed by atoms with Gasteiger partial charge in [0.05, 0.1) is 13.1 Å². The molecule has 0 fully saturated rings. The zero-order valence-electron chi connectivity index (χ0n) is 17.4. The van der Waals surface area contributed by atoms with Crippen molar-refractivity contribution in [2.75, 3.05) is 17.6 Å². The average molecular weight is 420 g/mol. The van der Waals surface area contributed by atoms with Crippen molar-refractivity contribution in [3.63, 3.8) is 0 Å². The van der Waals surface area contributed by atoms with Crippen LogP contribution in [0, 0.1) is 0 Å². The quantitative estimate of drug-likeness (QED) is 0.540. The largest absolute Gasteiger partial charge is 0.384 e. The molecule has 0 atom stereocenters. The number of rotatable bonds is 8. The maximum Gasteiger partial charge on any atom is 0.332 e. The Morgan fingerprint density at radius 3 is 2.26 bits per heavy atom. The number of aromatic nitrogens is 2. The molecule has 0 saturated carbocycles. The number of benzene rings is 2. The van der Waals surface area contributed by atoms with Gasteiger partial charge in [-0.1, -0.05) is 42.5 Å². The van der Waals surface area contributed by atoms with Crippen LogP contribution in [-0.4, -0.2) is 27.2 Å². The van der Waals surface area contributed by atoms with Gasteiger partial charge in [-0.05, 0) is 31.5 Å². The molecule has 0 aliphatic carbocycles. The number of Topliss-reactive ketones (excluding diaryl/α,β-unsaturated/α-hetero) is 2. The van der Waals surface area contributed by atoms with Crippen LogP contribution in [0.1, 0.15) is 40.1 Å². The first-order valence-corrected chi connectivity index (χ1v) is 9.89. The highest BCUT2D eigenvalue weighted by Crippen LogP contribution is 2.16. The van der Waals surface area contributed by atoms with Crippen molar-refractivity contribution < 1.29 is 9.59 Å². The summed E-state index contributed by atoms with van der Waals surface area (Å²) in [6.07, 6.45) is 0. The summed E-state index contributed by atoms with van der Waals surface area (Å²) >= 11 is 0. The van der Waals surface area contributed by atoms with E-state index in [0.29, 0.717) is 11.3 Å². The van der Waals surface area contributed by atoms with Gasteiger partial charge in [-0.25, -0.2) is 4.79 Å². The molecule has 0 unspecified atom stereocenters. The molecule has 0 aliphatic rings. The molecular weight excluding hydrogens is 396 g/mol. The van der Waals surface area contributed by atoms with Crippen LogP contribution in [-0.2, 0) is 13.1 Å². The first-order chi connectivity index (χ1) is 14.8. The lowest BCUT2D eigenvalue weighted by molar-refractivity contribution is 0.0996. The molecule has 0 amide bonds. The van der Waals surface area contributed by atoms with Crippen LogP contribution in [0.4, 0.5) is 11.5 Å². The highest BCUT2D eigenvalue weighted by Gasteiger charge is 2.22. The Hall–Kier alpha value is -3.94. The zero-order valence-corrected chi connectivity index (χ0v) is 17.4. The number of ketones is 2. The maximum absolute atomic E-state index is 13.0. The van der Waals surface area contributed by atoms with Gasteiger partial charge in [-0.2, -0.15) is 0 Å². The molecule has 1 heterocycles. The van der Waals surface area contributed by atoms with Crippen LogP contribution in [0.3, 0.4) is 0 Å². The summed E-state index contributed by atoms with van der Waals surface area (Å²) in [5, 5.41) is 2.91. The fraction of sp³-hybridized carbons (Fsp3) is 0.217. The number of hydrogen-bond acceptors (Lipinski definition) is 6. The van der Waals surface area contributed by atoms with E-state index in [1.165, 1.54) is 11.5 Å². The van der Waals surface area contributed by atoms with E-state index in [4.69, 9.17) is 5.73 Å². The number of anilines is 2. The lowest BCUT2D eigenvalue weighted by atomic mass is 10.1. The number of nitrogen functional groups attached to an aromatic ring is 1. The van der Waals surface area contributed by atoms with E-state index < -0.39 is 17.0 Å². The number of hydrogen-bond donors (Lipinski definition) is 2.